The molecule has 1 aromatic rings. The van der Waals surface area contributed by atoms with Gasteiger partial charge in [0.15, 0.2) is 0 Å². The molecule has 0 aliphatic carbocycles. The number of nitrogens with zero attached hydrogens (tertiary/aromatic N) is 2. The van der Waals surface area contributed by atoms with Crippen molar-refractivity contribution in [3.63, 3.8) is 0 Å². The Labute approximate surface area is 131 Å². The molecular weight excluding hydrogens is 282 g/mol. The van der Waals surface area contributed by atoms with E-state index in [-0.39, 0.29) is 5.91 Å². The van der Waals surface area contributed by atoms with Crippen LogP contribution in [-0.4, -0.2) is 55.5 Å². The van der Waals surface area contributed by atoms with Gasteiger partial charge < -0.3 is 10.2 Å². The van der Waals surface area contributed by atoms with Gasteiger partial charge in [-0.15, -0.1) is 17.9 Å². The Morgan fingerprint density at radius 1 is 1.67 bits per heavy atom. The molecule has 1 aromatic heterocycles. The molecule has 1 fully saturated rings. The van der Waals surface area contributed by atoms with Crippen molar-refractivity contribution in [1.82, 2.24) is 15.1 Å². The van der Waals surface area contributed by atoms with Crippen LogP contribution in [-0.2, 0) is 11.3 Å². The van der Waals surface area contributed by atoms with Crippen LogP contribution in [0.25, 0.3) is 0 Å². The number of hydrogen-bond donors (Lipinski definition) is 1. The fraction of sp³-hybridized carbons (Fsp3) is 0.562. The molecule has 0 spiro atoms. The molecule has 5 heteroatoms. The van der Waals surface area contributed by atoms with Crippen LogP contribution in [0.15, 0.2) is 30.2 Å². The molecule has 1 amide bonds. The Bertz CT molecular complexity index is 446. The molecular formula is C16H25N3OS. The average molecular weight is 307 g/mol. The molecule has 1 unspecified atom stereocenters. The minimum atomic E-state index is 0.202. The summed E-state index contributed by atoms with van der Waals surface area (Å²) in [4.78, 5) is 17.9. The van der Waals surface area contributed by atoms with Crippen molar-refractivity contribution in [1.29, 1.82) is 0 Å². The normalized spacial score (nSPS) is 18.8. The van der Waals surface area contributed by atoms with Gasteiger partial charge in [0.1, 0.15) is 0 Å². The van der Waals surface area contributed by atoms with Crippen LogP contribution in [0.3, 0.4) is 0 Å². The fourth-order valence-corrected chi connectivity index (χ4v) is 3.52. The summed E-state index contributed by atoms with van der Waals surface area (Å²) in [5, 5.41) is 5.27. The van der Waals surface area contributed by atoms with Crippen molar-refractivity contribution < 1.29 is 4.79 Å². The van der Waals surface area contributed by atoms with Crippen molar-refractivity contribution in [2.24, 2.45) is 5.92 Å². The molecule has 116 valence electrons. The Hall–Kier alpha value is -1.17. The maximum Gasteiger partial charge on any atom is 0.237 e. The number of rotatable bonds is 8. The van der Waals surface area contributed by atoms with E-state index in [1.807, 2.05) is 18.0 Å². The lowest BCUT2D eigenvalue weighted by Gasteiger charge is -2.24. The molecule has 0 aromatic carbocycles. The van der Waals surface area contributed by atoms with Gasteiger partial charge in [-0.05, 0) is 43.9 Å². The third-order valence-electron chi connectivity index (χ3n) is 3.85. The topological polar surface area (TPSA) is 35.6 Å². The molecule has 2 heterocycles. The van der Waals surface area contributed by atoms with Gasteiger partial charge in [-0.1, -0.05) is 12.1 Å². The fourth-order valence-electron chi connectivity index (χ4n) is 2.80. The van der Waals surface area contributed by atoms with Crippen molar-refractivity contribution >= 4 is 17.2 Å². The van der Waals surface area contributed by atoms with Gasteiger partial charge in [-0.2, -0.15) is 0 Å². The molecule has 4 nitrogen and oxygen atoms in total. The zero-order valence-electron chi connectivity index (χ0n) is 12.8. The van der Waals surface area contributed by atoms with Crippen LogP contribution in [0.1, 0.15) is 11.3 Å². The second-order valence-corrected chi connectivity index (χ2v) is 6.62. The highest BCUT2D eigenvalue weighted by Gasteiger charge is 2.25. The maximum absolute atomic E-state index is 12.5. The van der Waals surface area contributed by atoms with Gasteiger partial charge in [0.05, 0.1) is 13.1 Å². The van der Waals surface area contributed by atoms with Crippen LogP contribution < -0.4 is 5.32 Å². The molecule has 0 radical (unpaired) electrons. The Kier molecular flexibility index (Phi) is 6.42. The molecule has 0 bridgehead atoms. The highest BCUT2D eigenvalue weighted by atomic mass is 32.1. The van der Waals surface area contributed by atoms with Crippen LogP contribution in [0.5, 0.6) is 0 Å². The lowest BCUT2D eigenvalue weighted by Crippen LogP contribution is -2.39. The first-order valence-corrected chi connectivity index (χ1v) is 8.39. The minimum absolute atomic E-state index is 0.202. The van der Waals surface area contributed by atoms with E-state index >= 15 is 0 Å². The second-order valence-electron chi connectivity index (χ2n) is 5.59. The number of carbonyl (C=O) groups is 1. The van der Waals surface area contributed by atoms with Crippen molar-refractivity contribution in [2.75, 3.05) is 39.8 Å². The zero-order valence-corrected chi connectivity index (χ0v) is 13.6. The average Bonchev–Trinajstić information content (AvgIpc) is 3.11. The van der Waals surface area contributed by atoms with Crippen LogP contribution >= 0.6 is 11.3 Å². The summed E-state index contributed by atoms with van der Waals surface area (Å²) in [5.41, 5.74) is 0. The van der Waals surface area contributed by atoms with E-state index in [1.54, 1.807) is 17.4 Å². The minimum Gasteiger partial charge on any atom is -0.333 e. The lowest BCUT2D eigenvalue weighted by molar-refractivity contribution is -0.132. The number of likely N-dealkylation sites (tertiary alicyclic amines) is 1. The summed E-state index contributed by atoms with van der Waals surface area (Å²) in [7, 11) is 1.99. The summed E-state index contributed by atoms with van der Waals surface area (Å²) < 4.78 is 0. The summed E-state index contributed by atoms with van der Waals surface area (Å²) in [6.07, 6.45) is 2.99. The van der Waals surface area contributed by atoms with Crippen molar-refractivity contribution in [2.45, 2.75) is 13.0 Å². The largest absolute Gasteiger partial charge is 0.333 e. The summed E-state index contributed by atoms with van der Waals surface area (Å²) >= 11 is 1.69. The van der Waals surface area contributed by atoms with Gasteiger partial charge >= 0.3 is 0 Å². The van der Waals surface area contributed by atoms with Crippen molar-refractivity contribution in [3.8, 4) is 0 Å². The van der Waals surface area contributed by atoms with E-state index in [2.05, 4.69) is 28.2 Å². The van der Waals surface area contributed by atoms with E-state index in [0.717, 1.165) is 19.6 Å². The lowest BCUT2D eigenvalue weighted by atomic mass is 10.1. The van der Waals surface area contributed by atoms with Gasteiger partial charge in [-0.3, -0.25) is 9.69 Å². The summed E-state index contributed by atoms with van der Waals surface area (Å²) in [6.45, 7) is 8.69. The molecule has 1 saturated heterocycles. The zero-order chi connectivity index (χ0) is 15.1. The van der Waals surface area contributed by atoms with E-state index in [0.29, 0.717) is 25.6 Å². The first kappa shape index (κ1) is 16.2. The molecule has 21 heavy (non-hydrogen) atoms. The molecule has 1 atom stereocenters. The third kappa shape index (κ3) is 4.95. The van der Waals surface area contributed by atoms with E-state index in [4.69, 9.17) is 0 Å². The second kappa shape index (κ2) is 8.32. The quantitative estimate of drug-likeness (QED) is 0.744. The van der Waals surface area contributed by atoms with E-state index < -0.39 is 0 Å². The highest BCUT2D eigenvalue weighted by Crippen LogP contribution is 2.16. The highest BCUT2D eigenvalue weighted by molar-refractivity contribution is 7.09. The molecule has 1 aliphatic heterocycles. The first-order valence-electron chi connectivity index (χ1n) is 7.51. The van der Waals surface area contributed by atoms with Crippen LogP contribution in [0, 0.1) is 5.92 Å². The molecule has 2 rings (SSSR count). The predicted molar refractivity (Wildman–Crippen MR) is 88.4 cm³/mol. The number of thiophene rings is 1. The van der Waals surface area contributed by atoms with E-state index in [9.17, 15) is 4.79 Å². The SMILES string of the molecule is C=CCN(Cc1cccs1)C(=O)CN1CCC(CNC)C1. The number of hydrogen-bond acceptors (Lipinski definition) is 4. The molecule has 1 aliphatic rings. The number of amides is 1. The van der Waals surface area contributed by atoms with Gasteiger partial charge in [0.2, 0.25) is 5.91 Å². The van der Waals surface area contributed by atoms with Gasteiger partial charge in [0.25, 0.3) is 0 Å². The van der Waals surface area contributed by atoms with E-state index in [1.165, 1.54) is 11.3 Å². The third-order valence-corrected chi connectivity index (χ3v) is 4.71. The standard InChI is InChI=1S/C16H25N3OS/c1-3-7-19(12-15-5-4-9-21-15)16(20)13-18-8-6-14(11-18)10-17-2/h3-5,9,14,17H,1,6-8,10-13H2,2H3. The van der Waals surface area contributed by atoms with Crippen LogP contribution in [0.4, 0.5) is 0 Å². The number of carbonyl (C=O) groups excluding carboxylic acids is 1. The first-order chi connectivity index (χ1) is 10.2. The predicted octanol–water partition coefficient (Wildman–Crippen LogP) is 1.80. The summed E-state index contributed by atoms with van der Waals surface area (Å²) in [5.74, 6) is 0.876. The Morgan fingerprint density at radius 3 is 3.19 bits per heavy atom. The van der Waals surface area contributed by atoms with Crippen molar-refractivity contribution in [3.05, 3.63) is 35.0 Å². The summed E-state index contributed by atoms with van der Waals surface area (Å²) in [6, 6.07) is 4.10. The van der Waals surface area contributed by atoms with Crippen LogP contribution in [0.2, 0.25) is 0 Å². The van der Waals surface area contributed by atoms with Gasteiger partial charge in [0, 0.05) is 18.0 Å². The monoisotopic (exact) mass is 307 g/mol. The molecule has 1 N–H and O–H groups in total. The number of nitrogens with one attached hydrogen (secondary N) is 1. The molecule has 0 saturated carbocycles. The smallest absolute Gasteiger partial charge is 0.237 e. The Balaban J connectivity index is 1.85. The van der Waals surface area contributed by atoms with Gasteiger partial charge in [-0.25, -0.2) is 0 Å². The maximum atomic E-state index is 12.5. The Morgan fingerprint density at radius 2 is 2.52 bits per heavy atom.